The first kappa shape index (κ1) is 12.1. The van der Waals surface area contributed by atoms with Crippen LogP contribution < -0.4 is 5.32 Å². The number of carbonyl (C=O) groups is 1. The smallest absolute Gasteiger partial charge is 0.250 e. The maximum Gasteiger partial charge on any atom is 0.250 e. The SMILES string of the molecule is C=C1NC(=O)C=CN1[C@@H]1O[C@H](CO)C(O)[C@@H]1C. The van der Waals surface area contributed by atoms with Crippen LogP contribution in [0.2, 0.25) is 0 Å². The topological polar surface area (TPSA) is 82.0 Å². The molecule has 0 saturated carbocycles. The van der Waals surface area contributed by atoms with E-state index in [1.54, 1.807) is 11.1 Å². The molecule has 17 heavy (non-hydrogen) atoms. The summed E-state index contributed by atoms with van der Waals surface area (Å²) in [6.45, 7) is 5.30. The summed E-state index contributed by atoms with van der Waals surface area (Å²) in [4.78, 5) is 12.7. The zero-order chi connectivity index (χ0) is 12.6. The zero-order valence-electron chi connectivity index (χ0n) is 9.54. The molecule has 0 aliphatic carbocycles. The minimum Gasteiger partial charge on any atom is -0.394 e. The van der Waals surface area contributed by atoms with Gasteiger partial charge in [0, 0.05) is 18.2 Å². The monoisotopic (exact) mass is 240 g/mol. The molecule has 1 amide bonds. The van der Waals surface area contributed by atoms with Crippen LogP contribution in [-0.2, 0) is 9.53 Å². The zero-order valence-corrected chi connectivity index (χ0v) is 9.54. The van der Waals surface area contributed by atoms with Gasteiger partial charge in [0.15, 0.2) is 0 Å². The number of amides is 1. The van der Waals surface area contributed by atoms with Crippen LogP contribution in [0.1, 0.15) is 6.92 Å². The Balaban J connectivity index is 2.16. The van der Waals surface area contributed by atoms with E-state index < -0.39 is 18.4 Å². The van der Waals surface area contributed by atoms with Crippen LogP contribution in [0.4, 0.5) is 0 Å². The molecule has 3 N–H and O–H groups in total. The largest absolute Gasteiger partial charge is 0.394 e. The summed E-state index contributed by atoms with van der Waals surface area (Å²) in [5, 5.41) is 21.5. The highest BCUT2D eigenvalue weighted by atomic mass is 16.5. The van der Waals surface area contributed by atoms with Gasteiger partial charge in [0.1, 0.15) is 18.2 Å². The number of nitrogens with zero attached hydrogens (tertiary/aromatic N) is 1. The van der Waals surface area contributed by atoms with E-state index in [9.17, 15) is 9.90 Å². The molecule has 1 fully saturated rings. The van der Waals surface area contributed by atoms with Crippen molar-refractivity contribution in [1.29, 1.82) is 0 Å². The van der Waals surface area contributed by atoms with Crippen molar-refractivity contribution in [1.82, 2.24) is 10.2 Å². The van der Waals surface area contributed by atoms with Gasteiger partial charge in [-0.15, -0.1) is 0 Å². The minimum absolute atomic E-state index is 0.191. The lowest BCUT2D eigenvalue weighted by molar-refractivity contribution is -0.118. The van der Waals surface area contributed by atoms with E-state index in [0.717, 1.165) is 0 Å². The number of rotatable bonds is 2. The molecule has 4 atom stereocenters. The predicted octanol–water partition coefficient (Wildman–Crippen LogP) is -0.883. The van der Waals surface area contributed by atoms with Gasteiger partial charge in [-0.1, -0.05) is 13.5 Å². The predicted molar refractivity (Wildman–Crippen MR) is 59.2 cm³/mol. The van der Waals surface area contributed by atoms with Gasteiger partial charge in [-0.3, -0.25) is 4.79 Å². The van der Waals surface area contributed by atoms with Crippen molar-refractivity contribution < 1.29 is 19.7 Å². The molecule has 0 spiro atoms. The minimum atomic E-state index is -0.733. The Morgan fingerprint density at radius 2 is 2.35 bits per heavy atom. The average Bonchev–Trinajstić information content (AvgIpc) is 2.57. The van der Waals surface area contributed by atoms with E-state index in [2.05, 4.69) is 11.9 Å². The van der Waals surface area contributed by atoms with E-state index in [-0.39, 0.29) is 18.4 Å². The summed E-state index contributed by atoms with van der Waals surface area (Å²) in [6.07, 6.45) is 1.15. The van der Waals surface area contributed by atoms with Crippen molar-refractivity contribution in [2.24, 2.45) is 5.92 Å². The highest BCUT2D eigenvalue weighted by molar-refractivity contribution is 5.89. The lowest BCUT2D eigenvalue weighted by Gasteiger charge is -2.33. The summed E-state index contributed by atoms with van der Waals surface area (Å²) in [7, 11) is 0. The Bertz CT molecular complexity index is 368. The maximum absolute atomic E-state index is 11.1. The van der Waals surface area contributed by atoms with Crippen LogP contribution in [0.3, 0.4) is 0 Å². The van der Waals surface area contributed by atoms with Crippen molar-refractivity contribution in [3.63, 3.8) is 0 Å². The van der Waals surface area contributed by atoms with Crippen LogP contribution in [0.15, 0.2) is 24.7 Å². The van der Waals surface area contributed by atoms with Gasteiger partial charge in [-0.2, -0.15) is 0 Å². The van der Waals surface area contributed by atoms with E-state index in [1.165, 1.54) is 6.08 Å². The number of nitrogens with one attached hydrogen (secondary N) is 1. The quantitative estimate of drug-likeness (QED) is 0.584. The number of hydrogen-bond acceptors (Lipinski definition) is 5. The van der Waals surface area contributed by atoms with Gasteiger partial charge < -0.3 is 25.2 Å². The molecule has 1 saturated heterocycles. The molecule has 2 aliphatic heterocycles. The first-order chi connectivity index (χ1) is 8.04. The molecular formula is C11H16N2O4. The Labute approximate surface area is 99.2 Å². The summed E-state index contributed by atoms with van der Waals surface area (Å²) in [6, 6.07) is 0. The van der Waals surface area contributed by atoms with E-state index in [4.69, 9.17) is 9.84 Å². The highest BCUT2D eigenvalue weighted by Gasteiger charge is 2.43. The lowest BCUT2D eigenvalue weighted by atomic mass is 10.0. The Morgan fingerprint density at radius 3 is 2.88 bits per heavy atom. The van der Waals surface area contributed by atoms with Crippen molar-refractivity contribution in [3.8, 4) is 0 Å². The fraction of sp³-hybridized carbons (Fsp3) is 0.545. The fourth-order valence-corrected chi connectivity index (χ4v) is 2.09. The van der Waals surface area contributed by atoms with Crippen molar-refractivity contribution in [2.75, 3.05) is 6.61 Å². The molecule has 0 aromatic rings. The molecule has 0 aromatic heterocycles. The summed E-state index contributed by atoms with van der Waals surface area (Å²) in [5.74, 6) is -0.0279. The van der Waals surface area contributed by atoms with E-state index in [0.29, 0.717) is 5.82 Å². The van der Waals surface area contributed by atoms with Gasteiger partial charge in [-0.05, 0) is 0 Å². The second-order valence-corrected chi connectivity index (χ2v) is 4.26. The Kier molecular flexibility index (Phi) is 3.19. The van der Waals surface area contributed by atoms with Gasteiger partial charge in [0.25, 0.3) is 5.91 Å². The third-order valence-electron chi connectivity index (χ3n) is 3.10. The van der Waals surface area contributed by atoms with Crippen molar-refractivity contribution >= 4 is 5.91 Å². The molecule has 0 radical (unpaired) electrons. The van der Waals surface area contributed by atoms with Gasteiger partial charge >= 0.3 is 0 Å². The summed E-state index contributed by atoms with van der Waals surface area (Å²) < 4.78 is 5.54. The molecular weight excluding hydrogens is 224 g/mol. The van der Waals surface area contributed by atoms with Gasteiger partial charge in [-0.25, -0.2) is 0 Å². The standard InChI is InChI=1S/C11H16N2O4/c1-6-10(16)8(5-14)17-11(6)13-4-3-9(15)12-7(13)2/h3-4,6,8,10-11,14,16H,2,5H2,1H3,(H,12,15)/t6-,8+,10?,11+/m0/s1. The van der Waals surface area contributed by atoms with E-state index in [1.807, 2.05) is 6.92 Å². The van der Waals surface area contributed by atoms with Crippen LogP contribution in [0, 0.1) is 5.92 Å². The molecule has 0 bridgehead atoms. The number of carbonyl (C=O) groups excluding carboxylic acids is 1. The highest BCUT2D eigenvalue weighted by Crippen LogP contribution is 2.31. The van der Waals surface area contributed by atoms with Gasteiger partial charge in [0.2, 0.25) is 0 Å². The molecule has 1 unspecified atom stereocenters. The second kappa shape index (κ2) is 4.48. The Morgan fingerprint density at radius 1 is 1.65 bits per heavy atom. The van der Waals surface area contributed by atoms with Gasteiger partial charge in [0.05, 0.1) is 12.7 Å². The number of ether oxygens (including phenoxy) is 1. The second-order valence-electron chi connectivity index (χ2n) is 4.26. The summed E-state index contributed by atoms with van der Waals surface area (Å²) in [5.41, 5.74) is 0. The average molecular weight is 240 g/mol. The first-order valence-corrected chi connectivity index (χ1v) is 5.45. The molecule has 2 aliphatic rings. The number of hydrogen-bond donors (Lipinski definition) is 3. The molecule has 0 aromatic carbocycles. The maximum atomic E-state index is 11.1. The molecule has 2 heterocycles. The molecule has 94 valence electrons. The third-order valence-corrected chi connectivity index (χ3v) is 3.10. The number of aliphatic hydroxyl groups is 2. The number of aliphatic hydroxyl groups excluding tert-OH is 2. The normalized spacial score (nSPS) is 37.5. The van der Waals surface area contributed by atoms with Crippen LogP contribution in [0.25, 0.3) is 0 Å². The Hall–Kier alpha value is -1.37. The summed E-state index contributed by atoms with van der Waals surface area (Å²) >= 11 is 0. The van der Waals surface area contributed by atoms with Crippen LogP contribution >= 0.6 is 0 Å². The lowest BCUT2D eigenvalue weighted by Crippen LogP contribution is -2.43. The van der Waals surface area contributed by atoms with Crippen LogP contribution in [-0.4, -0.2) is 46.1 Å². The first-order valence-electron chi connectivity index (χ1n) is 5.45. The molecule has 6 nitrogen and oxygen atoms in total. The molecule has 2 rings (SSSR count). The van der Waals surface area contributed by atoms with Crippen molar-refractivity contribution in [3.05, 3.63) is 24.7 Å². The van der Waals surface area contributed by atoms with E-state index >= 15 is 0 Å². The molecule has 6 heteroatoms. The third kappa shape index (κ3) is 2.06. The fourth-order valence-electron chi connectivity index (χ4n) is 2.09. The van der Waals surface area contributed by atoms with Crippen LogP contribution in [0.5, 0.6) is 0 Å². The van der Waals surface area contributed by atoms with Crippen molar-refractivity contribution in [2.45, 2.75) is 25.4 Å².